The Morgan fingerprint density at radius 3 is 3.00 bits per heavy atom. The van der Waals surface area contributed by atoms with E-state index >= 15 is 0 Å². The molecule has 1 aliphatic heterocycles. The van der Waals surface area contributed by atoms with E-state index in [2.05, 4.69) is 15.0 Å². The fraction of sp³-hybridized carbons (Fsp3) is 0.364. The predicted molar refractivity (Wildman–Crippen MR) is 65.2 cm³/mol. The molecule has 0 spiro atoms. The number of hydrogen-bond acceptors (Lipinski definition) is 6. The summed E-state index contributed by atoms with van der Waals surface area (Å²) in [5, 5.41) is 2.71. The molecule has 0 aromatic carbocycles. The molecule has 1 fully saturated rings. The monoisotopic (exact) mass is 250 g/mol. The number of methoxy groups -OCH3 is 1. The van der Waals surface area contributed by atoms with Crippen molar-refractivity contribution >= 4 is 23.4 Å². The maximum Gasteiger partial charge on any atom is 0.356 e. The minimum atomic E-state index is -0.530. The van der Waals surface area contributed by atoms with Gasteiger partial charge in [-0.1, -0.05) is 0 Å². The van der Waals surface area contributed by atoms with Crippen LogP contribution in [0.2, 0.25) is 0 Å². The first-order chi connectivity index (χ1) is 8.61. The Kier molecular flexibility index (Phi) is 3.31. The maximum atomic E-state index is 11.4. The second kappa shape index (κ2) is 4.91. The third kappa shape index (κ3) is 2.34. The van der Waals surface area contributed by atoms with Gasteiger partial charge in [-0.15, -0.1) is 0 Å². The molecule has 7 nitrogen and oxygen atoms in total. The zero-order valence-corrected chi connectivity index (χ0v) is 9.97. The largest absolute Gasteiger partial charge is 0.464 e. The van der Waals surface area contributed by atoms with Crippen LogP contribution in [0.5, 0.6) is 0 Å². The maximum absolute atomic E-state index is 11.4. The second-order valence-corrected chi connectivity index (χ2v) is 3.87. The summed E-state index contributed by atoms with van der Waals surface area (Å²) in [4.78, 5) is 28.6. The van der Waals surface area contributed by atoms with E-state index in [4.69, 9.17) is 5.73 Å². The first kappa shape index (κ1) is 12.2. The van der Waals surface area contributed by atoms with Crippen molar-refractivity contribution in [2.45, 2.75) is 0 Å². The number of nitrogens with zero attached hydrogens (tertiary/aromatic N) is 2. The lowest BCUT2D eigenvalue weighted by molar-refractivity contribution is -0.120. The molecule has 1 aliphatic rings. The van der Waals surface area contributed by atoms with E-state index in [-0.39, 0.29) is 18.1 Å². The highest BCUT2D eigenvalue weighted by atomic mass is 16.5. The Morgan fingerprint density at radius 2 is 2.33 bits per heavy atom. The van der Waals surface area contributed by atoms with Gasteiger partial charge in [0.25, 0.3) is 0 Å². The third-order valence-corrected chi connectivity index (χ3v) is 2.64. The van der Waals surface area contributed by atoms with Gasteiger partial charge in [-0.2, -0.15) is 0 Å². The van der Waals surface area contributed by atoms with Gasteiger partial charge in [0.2, 0.25) is 5.91 Å². The quantitative estimate of drug-likeness (QED) is 0.679. The number of nitrogens with two attached hydrogens (primary N) is 1. The van der Waals surface area contributed by atoms with Crippen LogP contribution in [0.25, 0.3) is 0 Å². The van der Waals surface area contributed by atoms with Crippen molar-refractivity contribution in [1.82, 2.24) is 10.3 Å². The zero-order valence-electron chi connectivity index (χ0n) is 9.97. The van der Waals surface area contributed by atoms with Crippen LogP contribution in [0.3, 0.4) is 0 Å². The van der Waals surface area contributed by atoms with Crippen molar-refractivity contribution in [3.63, 3.8) is 0 Å². The average Bonchev–Trinajstić information content (AvgIpc) is 2.38. The number of aromatic nitrogens is 1. The summed E-state index contributed by atoms with van der Waals surface area (Å²) in [7, 11) is 1.29. The van der Waals surface area contributed by atoms with Gasteiger partial charge in [-0.05, 0) is 12.1 Å². The van der Waals surface area contributed by atoms with E-state index in [0.717, 1.165) is 0 Å². The Morgan fingerprint density at radius 1 is 1.56 bits per heavy atom. The first-order valence-corrected chi connectivity index (χ1v) is 5.48. The highest BCUT2D eigenvalue weighted by Gasteiger charge is 2.21. The van der Waals surface area contributed by atoms with Crippen molar-refractivity contribution in [3.05, 3.63) is 17.8 Å². The van der Waals surface area contributed by atoms with Gasteiger partial charge in [0.15, 0.2) is 11.5 Å². The number of carbonyl (C=O) groups is 2. The zero-order chi connectivity index (χ0) is 13.1. The molecule has 2 heterocycles. The SMILES string of the molecule is COC(=O)c1ccc(N)c(N2CCNC(=O)C2)n1. The number of rotatable bonds is 2. The van der Waals surface area contributed by atoms with Crippen LogP contribution in [0, 0.1) is 0 Å². The van der Waals surface area contributed by atoms with Gasteiger partial charge in [0.1, 0.15) is 0 Å². The fourth-order valence-corrected chi connectivity index (χ4v) is 1.75. The number of pyridine rings is 1. The van der Waals surface area contributed by atoms with E-state index in [1.165, 1.54) is 13.2 Å². The average molecular weight is 250 g/mol. The Hall–Kier alpha value is -2.31. The number of amides is 1. The van der Waals surface area contributed by atoms with Gasteiger partial charge in [-0.3, -0.25) is 4.79 Å². The summed E-state index contributed by atoms with van der Waals surface area (Å²) in [6, 6.07) is 3.08. The van der Waals surface area contributed by atoms with Crippen LogP contribution in [0.1, 0.15) is 10.5 Å². The molecule has 0 atom stereocenters. The number of anilines is 2. The molecule has 0 bridgehead atoms. The smallest absolute Gasteiger partial charge is 0.356 e. The van der Waals surface area contributed by atoms with Crippen molar-refractivity contribution in [2.75, 3.05) is 37.4 Å². The van der Waals surface area contributed by atoms with E-state index in [1.54, 1.807) is 11.0 Å². The van der Waals surface area contributed by atoms with E-state index < -0.39 is 5.97 Å². The summed E-state index contributed by atoms with van der Waals surface area (Å²) in [5.74, 6) is -0.184. The van der Waals surface area contributed by atoms with Crippen LogP contribution in [0.4, 0.5) is 11.5 Å². The third-order valence-electron chi connectivity index (χ3n) is 2.64. The predicted octanol–water partition coefficient (Wildman–Crippen LogP) is -0.613. The minimum absolute atomic E-state index is 0.0917. The van der Waals surface area contributed by atoms with Crippen molar-refractivity contribution in [2.24, 2.45) is 0 Å². The lowest BCUT2D eigenvalue weighted by atomic mass is 10.2. The molecule has 7 heteroatoms. The first-order valence-electron chi connectivity index (χ1n) is 5.48. The van der Waals surface area contributed by atoms with Crippen LogP contribution >= 0.6 is 0 Å². The molecule has 96 valence electrons. The summed E-state index contributed by atoms with van der Waals surface area (Å²) in [5.41, 5.74) is 6.42. The number of nitrogen functional groups attached to an aromatic ring is 1. The molecule has 3 N–H and O–H groups in total. The highest BCUT2D eigenvalue weighted by Crippen LogP contribution is 2.21. The molecule has 1 aromatic rings. The summed E-state index contributed by atoms with van der Waals surface area (Å²) in [6.45, 7) is 1.32. The normalized spacial score (nSPS) is 15.2. The lowest BCUT2D eigenvalue weighted by Gasteiger charge is -2.28. The van der Waals surface area contributed by atoms with Gasteiger partial charge >= 0.3 is 5.97 Å². The number of nitrogens with one attached hydrogen (secondary N) is 1. The van der Waals surface area contributed by atoms with E-state index in [1.807, 2.05) is 0 Å². The number of piperazine rings is 1. The molecule has 0 unspecified atom stereocenters. The van der Waals surface area contributed by atoms with Crippen molar-refractivity contribution in [1.29, 1.82) is 0 Å². The van der Waals surface area contributed by atoms with Crippen LogP contribution in [-0.2, 0) is 9.53 Å². The van der Waals surface area contributed by atoms with Gasteiger partial charge in [0, 0.05) is 13.1 Å². The lowest BCUT2D eigenvalue weighted by Crippen LogP contribution is -2.48. The molecule has 0 radical (unpaired) electrons. The Bertz CT molecular complexity index is 489. The van der Waals surface area contributed by atoms with E-state index in [0.29, 0.717) is 24.6 Å². The Labute approximate surface area is 104 Å². The molecule has 18 heavy (non-hydrogen) atoms. The molecule has 1 saturated heterocycles. The number of hydrogen-bond donors (Lipinski definition) is 2. The topological polar surface area (TPSA) is 97.5 Å². The second-order valence-electron chi connectivity index (χ2n) is 3.87. The standard InChI is InChI=1S/C11H14N4O3/c1-18-11(17)8-3-2-7(12)10(14-8)15-5-4-13-9(16)6-15/h2-3H,4-6,12H2,1H3,(H,13,16). The molecule has 1 amide bonds. The van der Waals surface area contributed by atoms with Gasteiger partial charge in [-0.25, -0.2) is 9.78 Å². The molecular weight excluding hydrogens is 236 g/mol. The molecule has 1 aromatic heterocycles. The van der Waals surface area contributed by atoms with Crippen molar-refractivity contribution < 1.29 is 14.3 Å². The molecule has 0 saturated carbocycles. The summed E-state index contributed by atoms with van der Waals surface area (Å²) in [6.07, 6.45) is 0. The van der Waals surface area contributed by atoms with Crippen molar-refractivity contribution in [3.8, 4) is 0 Å². The van der Waals surface area contributed by atoms with Crippen LogP contribution in [-0.4, -0.2) is 43.6 Å². The van der Waals surface area contributed by atoms with Crippen LogP contribution < -0.4 is 16.0 Å². The van der Waals surface area contributed by atoms with Gasteiger partial charge < -0.3 is 20.7 Å². The van der Waals surface area contributed by atoms with Crippen LogP contribution in [0.15, 0.2) is 12.1 Å². The number of carbonyl (C=O) groups excluding carboxylic acids is 2. The molecular formula is C11H14N4O3. The number of esters is 1. The fourth-order valence-electron chi connectivity index (χ4n) is 1.75. The van der Waals surface area contributed by atoms with E-state index in [9.17, 15) is 9.59 Å². The highest BCUT2D eigenvalue weighted by molar-refractivity contribution is 5.89. The summed E-state index contributed by atoms with van der Waals surface area (Å²) < 4.78 is 4.60. The summed E-state index contributed by atoms with van der Waals surface area (Å²) >= 11 is 0. The number of ether oxygens (including phenoxy) is 1. The van der Waals surface area contributed by atoms with Gasteiger partial charge in [0.05, 0.1) is 19.3 Å². The Balaban J connectivity index is 2.31. The molecule has 2 rings (SSSR count). The molecule has 0 aliphatic carbocycles. The minimum Gasteiger partial charge on any atom is -0.464 e.